The molecule has 0 aliphatic rings. The minimum absolute atomic E-state index is 1.24. The lowest BCUT2D eigenvalue weighted by atomic mass is 9.94. The number of aryl methyl sites for hydroxylation is 2. The fourth-order valence-electron chi connectivity index (χ4n) is 5.60. The summed E-state index contributed by atoms with van der Waals surface area (Å²) in [5.41, 5.74) is 7.59. The fraction of sp³-hybridized carbons (Fsp3) is 0.0556. The molecular formula is C36H26. The van der Waals surface area contributed by atoms with E-state index in [-0.39, 0.29) is 0 Å². The summed E-state index contributed by atoms with van der Waals surface area (Å²) in [7, 11) is 0. The molecule has 0 amide bonds. The van der Waals surface area contributed by atoms with E-state index < -0.39 is 0 Å². The third kappa shape index (κ3) is 3.46. The zero-order valence-corrected chi connectivity index (χ0v) is 20.5. The molecule has 0 atom stereocenters. The maximum atomic E-state index is 2.31. The van der Waals surface area contributed by atoms with E-state index in [0.29, 0.717) is 0 Å². The van der Waals surface area contributed by atoms with Crippen molar-refractivity contribution in [3.8, 4) is 22.3 Å². The summed E-state index contributed by atoms with van der Waals surface area (Å²) in [5.74, 6) is 0. The summed E-state index contributed by atoms with van der Waals surface area (Å²) in [6, 6.07) is 45.0. The third-order valence-electron chi connectivity index (χ3n) is 7.53. The molecule has 0 radical (unpaired) electrons. The van der Waals surface area contributed by atoms with Gasteiger partial charge in [-0.05, 0) is 91.3 Å². The summed E-state index contributed by atoms with van der Waals surface area (Å²) in [4.78, 5) is 0. The van der Waals surface area contributed by atoms with Crippen LogP contribution in [0.2, 0.25) is 0 Å². The first-order chi connectivity index (χ1) is 17.6. The number of fused-ring (bicyclic) bond motifs is 6. The van der Waals surface area contributed by atoms with E-state index >= 15 is 0 Å². The van der Waals surface area contributed by atoms with E-state index in [2.05, 4.69) is 135 Å². The van der Waals surface area contributed by atoms with Gasteiger partial charge >= 0.3 is 0 Å². The molecule has 0 aliphatic heterocycles. The van der Waals surface area contributed by atoms with E-state index in [9.17, 15) is 0 Å². The molecule has 0 aliphatic carbocycles. The quantitative estimate of drug-likeness (QED) is 0.226. The summed E-state index contributed by atoms with van der Waals surface area (Å²) >= 11 is 0. The molecule has 0 bridgehead atoms. The highest BCUT2D eigenvalue weighted by atomic mass is 14.1. The molecule has 170 valence electrons. The first-order valence-corrected chi connectivity index (χ1v) is 12.6. The van der Waals surface area contributed by atoms with E-state index in [0.717, 1.165) is 0 Å². The smallest absolute Gasteiger partial charge is 0.0105 e. The highest BCUT2D eigenvalue weighted by Gasteiger charge is 2.07. The second-order valence-corrected chi connectivity index (χ2v) is 10.0. The minimum Gasteiger partial charge on any atom is -0.0587 e. The van der Waals surface area contributed by atoms with Gasteiger partial charge in [0, 0.05) is 0 Å². The molecule has 0 aromatic heterocycles. The maximum Gasteiger partial charge on any atom is -0.0105 e. The Kier molecular flexibility index (Phi) is 4.69. The van der Waals surface area contributed by atoms with Crippen LogP contribution < -0.4 is 0 Å². The lowest BCUT2D eigenvalue weighted by Gasteiger charge is -2.10. The SMILES string of the molecule is Cc1ccc2c(ccc3cc(-c4ccc(-c5ccc6c(ccc7cc(C)ccc76)c5)cc4)ccc32)c1. The molecular weight excluding hydrogens is 432 g/mol. The van der Waals surface area contributed by atoms with Gasteiger partial charge in [0.1, 0.15) is 0 Å². The molecule has 0 nitrogen and oxygen atoms in total. The Morgan fingerprint density at radius 1 is 0.278 bits per heavy atom. The van der Waals surface area contributed by atoms with Crippen molar-refractivity contribution < 1.29 is 0 Å². The number of hydrogen-bond donors (Lipinski definition) is 0. The van der Waals surface area contributed by atoms with Gasteiger partial charge in [-0.2, -0.15) is 0 Å². The molecule has 7 rings (SSSR count). The summed E-state index contributed by atoms with van der Waals surface area (Å²) in [6.07, 6.45) is 0. The van der Waals surface area contributed by atoms with Crippen molar-refractivity contribution in [2.24, 2.45) is 0 Å². The molecule has 0 saturated carbocycles. The van der Waals surface area contributed by atoms with Crippen LogP contribution in [0.4, 0.5) is 0 Å². The lowest BCUT2D eigenvalue weighted by molar-refractivity contribution is 1.51. The van der Waals surface area contributed by atoms with Crippen LogP contribution in [0, 0.1) is 13.8 Å². The standard InChI is InChI=1S/C36H26/c1-23-3-15-33-29(19-23)9-11-31-21-27(13-17-35(31)33)25-5-7-26(8-6-25)28-14-18-36-32(22-28)12-10-30-20-24(2)4-16-34(30)36/h3-22H,1-2H3. The average molecular weight is 459 g/mol. The Labute approximate surface area is 211 Å². The lowest BCUT2D eigenvalue weighted by Crippen LogP contribution is -1.84. The maximum absolute atomic E-state index is 2.31. The van der Waals surface area contributed by atoms with Crippen molar-refractivity contribution in [3.05, 3.63) is 132 Å². The molecule has 0 spiro atoms. The Balaban J connectivity index is 1.24. The Morgan fingerprint density at radius 2 is 0.583 bits per heavy atom. The van der Waals surface area contributed by atoms with Gasteiger partial charge in [-0.15, -0.1) is 0 Å². The number of rotatable bonds is 2. The summed E-state index contributed by atoms with van der Waals surface area (Å²) in [6.45, 7) is 4.30. The summed E-state index contributed by atoms with van der Waals surface area (Å²) in [5, 5.41) is 10.4. The first-order valence-electron chi connectivity index (χ1n) is 12.6. The van der Waals surface area contributed by atoms with Crippen LogP contribution in [-0.4, -0.2) is 0 Å². The Morgan fingerprint density at radius 3 is 0.972 bits per heavy atom. The second kappa shape index (κ2) is 8.07. The molecule has 0 heterocycles. The van der Waals surface area contributed by atoms with Gasteiger partial charge in [0.25, 0.3) is 0 Å². The predicted octanol–water partition coefficient (Wildman–Crippen LogP) is 10.3. The highest BCUT2D eigenvalue weighted by Crippen LogP contribution is 2.33. The van der Waals surface area contributed by atoms with Crippen LogP contribution in [0.3, 0.4) is 0 Å². The minimum atomic E-state index is 1.24. The van der Waals surface area contributed by atoms with Crippen molar-refractivity contribution in [1.29, 1.82) is 0 Å². The average Bonchev–Trinajstić information content (AvgIpc) is 2.92. The van der Waals surface area contributed by atoms with Crippen LogP contribution in [-0.2, 0) is 0 Å². The largest absolute Gasteiger partial charge is 0.0587 e. The van der Waals surface area contributed by atoms with E-state index in [4.69, 9.17) is 0 Å². The zero-order valence-electron chi connectivity index (χ0n) is 20.5. The molecule has 7 aromatic rings. The van der Waals surface area contributed by atoms with Gasteiger partial charge in [-0.1, -0.05) is 120 Å². The highest BCUT2D eigenvalue weighted by molar-refractivity contribution is 6.09. The fourth-order valence-corrected chi connectivity index (χ4v) is 5.60. The second-order valence-electron chi connectivity index (χ2n) is 10.0. The Hall–Kier alpha value is -4.42. The van der Waals surface area contributed by atoms with Crippen LogP contribution in [0.1, 0.15) is 11.1 Å². The Bertz CT molecular complexity index is 1790. The summed E-state index contributed by atoms with van der Waals surface area (Å²) < 4.78 is 0. The van der Waals surface area contributed by atoms with Crippen molar-refractivity contribution in [1.82, 2.24) is 0 Å². The van der Waals surface area contributed by atoms with Crippen molar-refractivity contribution in [2.45, 2.75) is 13.8 Å². The molecule has 0 saturated heterocycles. The van der Waals surface area contributed by atoms with Crippen molar-refractivity contribution in [3.63, 3.8) is 0 Å². The van der Waals surface area contributed by atoms with Crippen LogP contribution >= 0.6 is 0 Å². The van der Waals surface area contributed by atoms with Gasteiger partial charge < -0.3 is 0 Å². The van der Waals surface area contributed by atoms with Crippen LogP contribution in [0.25, 0.3) is 65.3 Å². The number of benzene rings is 7. The molecule has 0 unspecified atom stereocenters. The topological polar surface area (TPSA) is 0 Å². The monoisotopic (exact) mass is 458 g/mol. The van der Waals surface area contributed by atoms with Gasteiger partial charge in [-0.25, -0.2) is 0 Å². The molecule has 0 N–H and O–H groups in total. The first kappa shape index (κ1) is 20.9. The van der Waals surface area contributed by atoms with Crippen molar-refractivity contribution >= 4 is 43.1 Å². The van der Waals surface area contributed by atoms with E-state index in [1.165, 1.54) is 76.5 Å². The number of hydrogen-bond acceptors (Lipinski definition) is 0. The van der Waals surface area contributed by atoms with Gasteiger partial charge in [0.2, 0.25) is 0 Å². The van der Waals surface area contributed by atoms with Crippen molar-refractivity contribution in [2.75, 3.05) is 0 Å². The van der Waals surface area contributed by atoms with E-state index in [1.54, 1.807) is 0 Å². The van der Waals surface area contributed by atoms with Crippen LogP contribution in [0.15, 0.2) is 121 Å². The van der Waals surface area contributed by atoms with Gasteiger partial charge in [-0.3, -0.25) is 0 Å². The molecule has 36 heavy (non-hydrogen) atoms. The van der Waals surface area contributed by atoms with E-state index in [1.807, 2.05) is 0 Å². The zero-order chi connectivity index (χ0) is 24.2. The molecule has 0 fully saturated rings. The third-order valence-corrected chi connectivity index (χ3v) is 7.53. The van der Waals surface area contributed by atoms with Gasteiger partial charge in [0.05, 0.1) is 0 Å². The van der Waals surface area contributed by atoms with Gasteiger partial charge in [0.15, 0.2) is 0 Å². The van der Waals surface area contributed by atoms with Crippen LogP contribution in [0.5, 0.6) is 0 Å². The molecule has 7 aromatic carbocycles. The predicted molar refractivity (Wildman–Crippen MR) is 157 cm³/mol. The molecule has 0 heteroatoms. The normalized spacial score (nSPS) is 11.6.